The Bertz CT molecular complexity index is 380. The van der Waals surface area contributed by atoms with Gasteiger partial charge in [-0.05, 0) is 31.2 Å². The molecule has 0 radical (unpaired) electrons. The van der Waals surface area contributed by atoms with Crippen LogP contribution in [0.5, 0.6) is 5.75 Å². The van der Waals surface area contributed by atoms with E-state index in [0.717, 1.165) is 18.8 Å². The average Bonchev–Trinajstić information content (AvgIpc) is 2.36. The molecule has 2 rings (SSSR count). The van der Waals surface area contributed by atoms with Crippen LogP contribution in [-0.4, -0.2) is 11.6 Å². The maximum Gasteiger partial charge on any atom is 0.126 e. The summed E-state index contributed by atoms with van der Waals surface area (Å²) in [7, 11) is 0. The van der Waals surface area contributed by atoms with Gasteiger partial charge in [0, 0.05) is 21.4 Å². The minimum absolute atomic E-state index is 0.567. The molecule has 1 aliphatic rings. The molecule has 1 aromatic rings. The number of fused-ring (bicyclic) bond motifs is 1. The van der Waals surface area contributed by atoms with E-state index in [0.29, 0.717) is 9.84 Å². The van der Waals surface area contributed by atoms with E-state index in [4.69, 9.17) is 4.74 Å². The van der Waals surface area contributed by atoms with Crippen LogP contribution < -0.4 is 4.74 Å². The van der Waals surface area contributed by atoms with Gasteiger partial charge in [-0.25, -0.2) is 0 Å². The minimum atomic E-state index is 0.567. The Labute approximate surface area is 117 Å². The summed E-state index contributed by atoms with van der Waals surface area (Å²) in [6, 6.07) is 2.03. The lowest BCUT2D eigenvalue weighted by atomic mass is 9.95. The Morgan fingerprint density at radius 3 is 3.18 bits per heavy atom. The summed E-state index contributed by atoms with van der Waals surface area (Å²) in [6.07, 6.45) is 6.66. The molecule has 0 saturated heterocycles. The van der Waals surface area contributed by atoms with Crippen molar-refractivity contribution in [2.75, 3.05) is 6.61 Å². The van der Waals surface area contributed by atoms with Crippen molar-refractivity contribution in [1.29, 1.82) is 0 Å². The number of ether oxygens (including phenoxy) is 1. The molecule has 3 heteroatoms. The number of rotatable bonds is 4. The van der Waals surface area contributed by atoms with Crippen LogP contribution in [0.15, 0.2) is 12.3 Å². The molecule has 1 aromatic heterocycles. The summed E-state index contributed by atoms with van der Waals surface area (Å²) >= 11 is 2.52. The molecule has 0 fully saturated rings. The highest BCUT2D eigenvalue weighted by Crippen LogP contribution is 2.40. The fraction of sp³-hybridized carbons (Fsp3) is 0.643. The van der Waals surface area contributed by atoms with Crippen LogP contribution in [-0.2, 0) is 6.42 Å². The molecule has 94 valence electrons. The lowest BCUT2D eigenvalue weighted by Gasteiger charge is -2.23. The Morgan fingerprint density at radius 1 is 1.59 bits per heavy atom. The van der Waals surface area contributed by atoms with E-state index in [9.17, 15) is 0 Å². The Kier molecular flexibility index (Phi) is 4.65. The van der Waals surface area contributed by atoms with Gasteiger partial charge in [0.15, 0.2) is 0 Å². The van der Waals surface area contributed by atoms with E-state index in [2.05, 4.69) is 41.4 Å². The minimum Gasteiger partial charge on any atom is -0.493 e. The molecule has 0 unspecified atom stereocenters. The van der Waals surface area contributed by atoms with Crippen LogP contribution in [0.1, 0.15) is 48.3 Å². The number of halogens is 1. The summed E-state index contributed by atoms with van der Waals surface area (Å²) in [6.45, 7) is 5.25. The first-order valence-corrected chi connectivity index (χ1v) is 7.71. The van der Waals surface area contributed by atoms with Crippen LogP contribution in [0.2, 0.25) is 0 Å². The molecule has 1 aliphatic carbocycles. The lowest BCUT2D eigenvalue weighted by Crippen LogP contribution is -2.13. The molecule has 17 heavy (non-hydrogen) atoms. The number of aryl methyl sites for hydroxylation is 1. The molecule has 0 saturated carbocycles. The first kappa shape index (κ1) is 13.1. The molecule has 0 N–H and O–H groups in total. The zero-order valence-electron chi connectivity index (χ0n) is 10.6. The maximum absolute atomic E-state index is 5.98. The molecule has 2 nitrogen and oxygen atoms in total. The fourth-order valence-electron chi connectivity index (χ4n) is 2.10. The van der Waals surface area contributed by atoms with Gasteiger partial charge < -0.3 is 4.74 Å². The second-order valence-electron chi connectivity index (χ2n) is 4.85. The van der Waals surface area contributed by atoms with Crippen LogP contribution in [0, 0.1) is 5.92 Å². The van der Waals surface area contributed by atoms with Gasteiger partial charge in [-0.1, -0.05) is 42.9 Å². The molecule has 0 aliphatic heterocycles. The van der Waals surface area contributed by atoms with Gasteiger partial charge in [0.25, 0.3) is 0 Å². The van der Waals surface area contributed by atoms with Crippen molar-refractivity contribution in [2.45, 2.75) is 43.5 Å². The number of hydrogen-bond acceptors (Lipinski definition) is 2. The fourth-order valence-corrected chi connectivity index (χ4v) is 3.21. The van der Waals surface area contributed by atoms with E-state index < -0.39 is 0 Å². The highest BCUT2D eigenvalue weighted by molar-refractivity contribution is 14.1. The van der Waals surface area contributed by atoms with Gasteiger partial charge in [0.05, 0.1) is 6.61 Å². The highest BCUT2D eigenvalue weighted by Gasteiger charge is 2.22. The second kappa shape index (κ2) is 6.03. The molecule has 0 amide bonds. The summed E-state index contributed by atoms with van der Waals surface area (Å²) < 4.78 is 6.55. The van der Waals surface area contributed by atoms with Crippen molar-refractivity contribution in [3.8, 4) is 5.75 Å². The third-order valence-corrected chi connectivity index (χ3v) is 4.68. The Balaban J connectivity index is 2.17. The van der Waals surface area contributed by atoms with Crippen molar-refractivity contribution in [3.63, 3.8) is 0 Å². The molecule has 0 bridgehead atoms. The van der Waals surface area contributed by atoms with E-state index in [1.807, 2.05) is 12.3 Å². The average molecular weight is 345 g/mol. The van der Waals surface area contributed by atoms with Crippen molar-refractivity contribution in [3.05, 3.63) is 23.5 Å². The van der Waals surface area contributed by atoms with Gasteiger partial charge in [0.2, 0.25) is 0 Å². The van der Waals surface area contributed by atoms with Gasteiger partial charge in [-0.15, -0.1) is 0 Å². The first-order chi connectivity index (χ1) is 8.22. The monoisotopic (exact) mass is 345 g/mol. The molecular formula is C14H20INO. The molecule has 0 aromatic carbocycles. The maximum atomic E-state index is 5.98. The van der Waals surface area contributed by atoms with Gasteiger partial charge in [-0.2, -0.15) is 0 Å². The van der Waals surface area contributed by atoms with Gasteiger partial charge >= 0.3 is 0 Å². The highest BCUT2D eigenvalue weighted by atomic mass is 127. The quantitative estimate of drug-likeness (QED) is 0.599. The number of pyridine rings is 1. The van der Waals surface area contributed by atoms with Crippen LogP contribution >= 0.6 is 22.6 Å². The largest absolute Gasteiger partial charge is 0.493 e. The van der Waals surface area contributed by atoms with Gasteiger partial charge in [-0.3, -0.25) is 4.98 Å². The van der Waals surface area contributed by atoms with Crippen LogP contribution in [0.3, 0.4) is 0 Å². The smallest absolute Gasteiger partial charge is 0.126 e. The third-order valence-electron chi connectivity index (χ3n) is 3.44. The molecule has 2 atom stereocenters. The zero-order chi connectivity index (χ0) is 12.3. The van der Waals surface area contributed by atoms with Crippen molar-refractivity contribution in [1.82, 2.24) is 4.98 Å². The normalized spacial score (nSPS) is 20.8. The summed E-state index contributed by atoms with van der Waals surface area (Å²) in [5.41, 5.74) is 2.60. The predicted molar refractivity (Wildman–Crippen MR) is 78.9 cm³/mol. The van der Waals surface area contributed by atoms with Crippen molar-refractivity contribution < 1.29 is 4.74 Å². The number of aromatic nitrogens is 1. The van der Waals surface area contributed by atoms with Gasteiger partial charge in [0.1, 0.15) is 5.75 Å². The molecule has 1 heterocycles. The summed E-state index contributed by atoms with van der Waals surface area (Å²) in [5.74, 6) is 1.68. The Hall–Kier alpha value is -0.320. The second-order valence-corrected chi connectivity index (χ2v) is 6.36. The Morgan fingerprint density at radius 2 is 2.41 bits per heavy atom. The summed E-state index contributed by atoms with van der Waals surface area (Å²) in [4.78, 5) is 4.49. The summed E-state index contributed by atoms with van der Waals surface area (Å²) in [5, 5.41) is 0. The van der Waals surface area contributed by atoms with E-state index in [-0.39, 0.29) is 0 Å². The van der Waals surface area contributed by atoms with E-state index >= 15 is 0 Å². The predicted octanol–water partition coefficient (Wildman–Crippen LogP) is 4.32. The third kappa shape index (κ3) is 3.12. The van der Waals surface area contributed by atoms with E-state index in [1.54, 1.807) is 0 Å². The van der Waals surface area contributed by atoms with Crippen molar-refractivity contribution >= 4 is 22.6 Å². The topological polar surface area (TPSA) is 22.1 Å². The lowest BCUT2D eigenvalue weighted by molar-refractivity contribution is 0.253. The molecule has 0 spiro atoms. The SMILES string of the molecule is CC[C@@H](C)COc1ccnc2c1[C@H](I)CCC2. The first-order valence-electron chi connectivity index (χ1n) is 6.47. The van der Waals surface area contributed by atoms with E-state index in [1.165, 1.54) is 30.5 Å². The number of hydrogen-bond donors (Lipinski definition) is 0. The standard InChI is InChI=1S/C14H20INO/c1-3-10(2)9-17-13-7-8-16-12-6-4-5-11(15)14(12)13/h7-8,10-11H,3-6,9H2,1-2H3/t10-,11-/m1/s1. The van der Waals surface area contributed by atoms with Crippen LogP contribution in [0.4, 0.5) is 0 Å². The molecular weight excluding hydrogens is 325 g/mol. The zero-order valence-corrected chi connectivity index (χ0v) is 12.7. The number of alkyl halides is 1. The number of nitrogens with zero attached hydrogens (tertiary/aromatic N) is 1. The van der Waals surface area contributed by atoms with Crippen LogP contribution in [0.25, 0.3) is 0 Å². The van der Waals surface area contributed by atoms with Crippen molar-refractivity contribution in [2.24, 2.45) is 5.92 Å².